The van der Waals surface area contributed by atoms with Gasteiger partial charge in [0.15, 0.2) is 0 Å². The van der Waals surface area contributed by atoms with Crippen LogP contribution in [0.3, 0.4) is 0 Å². The second-order valence-corrected chi connectivity index (χ2v) is 6.19. The van der Waals surface area contributed by atoms with Crippen LogP contribution in [0.4, 0.5) is 11.4 Å². The van der Waals surface area contributed by atoms with Gasteiger partial charge in [-0.1, -0.05) is 27.7 Å². The normalized spacial score (nSPS) is 12.1. The zero-order valence-corrected chi connectivity index (χ0v) is 12.4. The van der Waals surface area contributed by atoms with Crippen molar-refractivity contribution in [1.82, 2.24) is 9.97 Å². The summed E-state index contributed by atoms with van der Waals surface area (Å²) in [6, 6.07) is 3.50. The lowest BCUT2D eigenvalue weighted by Crippen LogP contribution is -2.28. The average molecular weight is 274 g/mol. The summed E-state index contributed by atoms with van der Waals surface area (Å²) in [5.41, 5.74) is 8.04. The maximum atomic E-state index is 11.7. The number of hydrogen-bond donors (Lipinski definition) is 3. The number of nitrogens with two attached hydrogens (primary N) is 1. The van der Waals surface area contributed by atoms with Crippen molar-refractivity contribution in [2.24, 2.45) is 11.3 Å². The Kier molecular flexibility index (Phi) is 3.70. The first-order valence-corrected chi connectivity index (χ1v) is 6.82. The first kappa shape index (κ1) is 14.4. The average Bonchev–Trinajstić information content (AvgIpc) is 2.37. The molecule has 0 spiro atoms. The second-order valence-electron chi connectivity index (χ2n) is 6.19. The molecule has 0 unspecified atom stereocenters. The lowest BCUT2D eigenvalue weighted by atomic mass is 9.81. The van der Waals surface area contributed by atoms with Crippen molar-refractivity contribution in [1.29, 1.82) is 0 Å². The van der Waals surface area contributed by atoms with Crippen molar-refractivity contribution >= 4 is 22.3 Å². The maximum absolute atomic E-state index is 11.7. The molecule has 2 aromatic rings. The van der Waals surface area contributed by atoms with E-state index in [0.717, 1.165) is 12.2 Å². The lowest BCUT2D eigenvalue weighted by molar-refractivity contribution is 0.270. The Balaban J connectivity index is 2.32. The predicted molar refractivity (Wildman–Crippen MR) is 83.9 cm³/mol. The van der Waals surface area contributed by atoms with Gasteiger partial charge >= 0.3 is 0 Å². The summed E-state index contributed by atoms with van der Waals surface area (Å²) in [6.07, 6.45) is 1.41. The van der Waals surface area contributed by atoms with Crippen molar-refractivity contribution in [2.75, 3.05) is 17.6 Å². The molecule has 5 heteroatoms. The molecule has 108 valence electrons. The van der Waals surface area contributed by atoms with Crippen molar-refractivity contribution in [3.8, 4) is 0 Å². The smallest absolute Gasteiger partial charge is 0.258 e. The van der Waals surface area contributed by atoms with E-state index in [1.165, 1.54) is 6.33 Å². The fraction of sp³-hybridized carbons (Fsp3) is 0.467. The first-order chi connectivity index (χ1) is 9.31. The van der Waals surface area contributed by atoms with E-state index >= 15 is 0 Å². The molecular formula is C15H22N4O. The first-order valence-electron chi connectivity index (χ1n) is 6.82. The van der Waals surface area contributed by atoms with Gasteiger partial charge < -0.3 is 16.0 Å². The number of fused-ring (bicyclic) bond motifs is 1. The van der Waals surface area contributed by atoms with Gasteiger partial charge in [-0.15, -0.1) is 0 Å². The van der Waals surface area contributed by atoms with Crippen LogP contribution in [0.25, 0.3) is 10.9 Å². The van der Waals surface area contributed by atoms with Crippen LogP contribution in [0.15, 0.2) is 23.3 Å². The molecule has 1 aromatic heterocycles. The quantitative estimate of drug-likeness (QED) is 0.748. The molecule has 1 aromatic carbocycles. The SMILES string of the molecule is CC(C)C(C)(C)CNc1cc2nc[nH]c(=O)c2cc1N. The molecule has 0 fully saturated rings. The Bertz CT molecular complexity index is 673. The van der Waals surface area contributed by atoms with Crippen molar-refractivity contribution in [3.05, 3.63) is 28.8 Å². The topological polar surface area (TPSA) is 83.8 Å². The van der Waals surface area contributed by atoms with Gasteiger partial charge in [-0.25, -0.2) is 4.98 Å². The molecule has 2 rings (SSSR count). The predicted octanol–water partition coefficient (Wildman–Crippen LogP) is 2.60. The van der Waals surface area contributed by atoms with Gasteiger partial charge in [-0.3, -0.25) is 4.79 Å². The monoisotopic (exact) mass is 274 g/mol. The van der Waals surface area contributed by atoms with Crippen molar-refractivity contribution < 1.29 is 0 Å². The van der Waals surface area contributed by atoms with Gasteiger partial charge in [0.1, 0.15) is 0 Å². The van der Waals surface area contributed by atoms with E-state index in [2.05, 4.69) is 43.0 Å². The minimum atomic E-state index is -0.171. The number of rotatable bonds is 4. The highest BCUT2D eigenvalue weighted by molar-refractivity contribution is 5.88. The number of anilines is 2. The molecule has 0 radical (unpaired) electrons. The molecule has 0 aliphatic heterocycles. The summed E-state index contributed by atoms with van der Waals surface area (Å²) in [5.74, 6) is 0.553. The maximum Gasteiger partial charge on any atom is 0.258 e. The van der Waals surface area contributed by atoms with Gasteiger partial charge in [0.25, 0.3) is 5.56 Å². The summed E-state index contributed by atoms with van der Waals surface area (Å²) in [7, 11) is 0. The van der Waals surface area contributed by atoms with E-state index in [1.54, 1.807) is 6.07 Å². The molecule has 20 heavy (non-hydrogen) atoms. The highest BCUT2D eigenvalue weighted by atomic mass is 16.1. The lowest BCUT2D eigenvalue weighted by Gasteiger charge is -2.30. The molecule has 4 N–H and O–H groups in total. The largest absolute Gasteiger partial charge is 0.397 e. The highest BCUT2D eigenvalue weighted by Gasteiger charge is 2.22. The van der Waals surface area contributed by atoms with Gasteiger partial charge in [-0.2, -0.15) is 0 Å². The summed E-state index contributed by atoms with van der Waals surface area (Å²) in [6.45, 7) is 9.64. The zero-order chi connectivity index (χ0) is 14.9. The Morgan fingerprint density at radius 1 is 1.40 bits per heavy atom. The van der Waals surface area contributed by atoms with E-state index in [0.29, 0.717) is 22.5 Å². The van der Waals surface area contributed by atoms with Crippen LogP contribution < -0.4 is 16.6 Å². The number of aromatic amines is 1. The number of nitrogen functional groups attached to an aromatic ring is 1. The van der Waals surface area contributed by atoms with Crippen LogP contribution in [0, 0.1) is 11.3 Å². The van der Waals surface area contributed by atoms with Crippen LogP contribution >= 0.6 is 0 Å². The second kappa shape index (κ2) is 5.15. The van der Waals surface area contributed by atoms with Crippen LogP contribution in [0.5, 0.6) is 0 Å². The Morgan fingerprint density at radius 3 is 2.75 bits per heavy atom. The fourth-order valence-electron chi connectivity index (χ4n) is 1.81. The number of H-pyrrole nitrogens is 1. The van der Waals surface area contributed by atoms with Crippen molar-refractivity contribution in [3.63, 3.8) is 0 Å². The Hall–Kier alpha value is -2.04. The number of benzene rings is 1. The summed E-state index contributed by atoms with van der Waals surface area (Å²) < 4.78 is 0. The molecule has 5 nitrogen and oxygen atoms in total. The van der Waals surface area contributed by atoms with E-state index in [1.807, 2.05) is 6.07 Å². The number of nitrogens with zero attached hydrogens (tertiary/aromatic N) is 1. The number of nitrogens with one attached hydrogen (secondary N) is 2. The van der Waals surface area contributed by atoms with Gasteiger partial charge in [0.2, 0.25) is 0 Å². The van der Waals surface area contributed by atoms with Gasteiger partial charge in [0.05, 0.1) is 28.6 Å². The minimum Gasteiger partial charge on any atom is -0.397 e. The highest BCUT2D eigenvalue weighted by Crippen LogP contribution is 2.29. The third-order valence-electron chi connectivity index (χ3n) is 4.11. The van der Waals surface area contributed by atoms with Crippen LogP contribution in [-0.4, -0.2) is 16.5 Å². The summed E-state index contributed by atoms with van der Waals surface area (Å²) in [4.78, 5) is 18.4. The molecule has 0 atom stereocenters. The third kappa shape index (κ3) is 2.76. The van der Waals surface area contributed by atoms with Crippen LogP contribution in [0.2, 0.25) is 0 Å². The zero-order valence-electron chi connectivity index (χ0n) is 12.4. The van der Waals surface area contributed by atoms with E-state index in [9.17, 15) is 4.79 Å². The van der Waals surface area contributed by atoms with Crippen LogP contribution in [0.1, 0.15) is 27.7 Å². The molecule has 1 heterocycles. The number of hydrogen-bond acceptors (Lipinski definition) is 4. The van der Waals surface area contributed by atoms with E-state index in [4.69, 9.17) is 5.73 Å². The van der Waals surface area contributed by atoms with E-state index in [-0.39, 0.29) is 11.0 Å². The molecule has 0 aliphatic carbocycles. The molecule has 0 amide bonds. The van der Waals surface area contributed by atoms with Crippen molar-refractivity contribution in [2.45, 2.75) is 27.7 Å². The molecule has 0 bridgehead atoms. The molecular weight excluding hydrogens is 252 g/mol. The van der Waals surface area contributed by atoms with Gasteiger partial charge in [-0.05, 0) is 23.5 Å². The molecule has 0 saturated heterocycles. The van der Waals surface area contributed by atoms with Gasteiger partial charge in [0, 0.05) is 6.54 Å². The Morgan fingerprint density at radius 2 is 2.10 bits per heavy atom. The minimum absolute atomic E-state index is 0.156. The summed E-state index contributed by atoms with van der Waals surface area (Å²) in [5, 5.41) is 3.88. The fourth-order valence-corrected chi connectivity index (χ4v) is 1.81. The summed E-state index contributed by atoms with van der Waals surface area (Å²) >= 11 is 0. The number of aromatic nitrogens is 2. The van der Waals surface area contributed by atoms with Crippen LogP contribution in [-0.2, 0) is 0 Å². The third-order valence-corrected chi connectivity index (χ3v) is 4.11. The Labute approximate surface area is 118 Å². The standard InChI is InChI=1S/C15H22N4O/c1-9(2)15(3,4)7-17-13-6-12-10(5-11(13)16)14(20)19-8-18-12/h5-6,8-9,17H,7,16H2,1-4H3,(H,18,19,20). The molecule has 0 aliphatic rings. The van der Waals surface area contributed by atoms with E-state index < -0.39 is 0 Å². The molecule has 0 saturated carbocycles.